The number of hydrogen-bond donors (Lipinski definition) is 1. The molecule has 2 aromatic carbocycles. The van der Waals surface area contributed by atoms with E-state index in [0.717, 1.165) is 32.5 Å². The van der Waals surface area contributed by atoms with Crippen molar-refractivity contribution < 1.29 is 9.72 Å². The second-order valence-electron chi connectivity index (χ2n) is 6.84. The van der Waals surface area contributed by atoms with E-state index >= 15 is 0 Å². The molecule has 1 aliphatic heterocycles. The maximum absolute atomic E-state index is 12.3. The number of nitrogens with one attached hydrogen (secondary N) is 1. The molecule has 27 heavy (non-hydrogen) atoms. The van der Waals surface area contributed by atoms with Crippen LogP contribution in [0.2, 0.25) is 5.02 Å². The molecule has 0 unspecified atom stereocenters. The molecule has 3 rings (SSSR count). The van der Waals surface area contributed by atoms with Crippen LogP contribution in [0, 0.1) is 16.0 Å². The van der Waals surface area contributed by atoms with Gasteiger partial charge in [0.25, 0.3) is 11.6 Å². The number of piperidine rings is 1. The number of amides is 1. The molecule has 1 saturated heterocycles. The summed E-state index contributed by atoms with van der Waals surface area (Å²) in [4.78, 5) is 25.0. The SMILES string of the molecule is O=C(NCC1CCN(Cc2ccccc2)CC1)c1ccc([N+](=O)[O-])cc1Cl. The van der Waals surface area contributed by atoms with E-state index in [1.165, 1.54) is 23.8 Å². The fourth-order valence-electron chi connectivity index (χ4n) is 3.32. The van der Waals surface area contributed by atoms with Crippen LogP contribution >= 0.6 is 11.6 Å². The molecule has 142 valence electrons. The van der Waals surface area contributed by atoms with Gasteiger partial charge in [-0.2, -0.15) is 0 Å². The van der Waals surface area contributed by atoms with E-state index in [0.29, 0.717) is 12.5 Å². The molecule has 0 radical (unpaired) electrons. The van der Waals surface area contributed by atoms with Crippen molar-refractivity contribution >= 4 is 23.2 Å². The predicted octanol–water partition coefficient (Wildman–Crippen LogP) is 3.89. The number of halogens is 1. The van der Waals surface area contributed by atoms with Crippen molar-refractivity contribution in [3.05, 3.63) is 74.8 Å². The molecule has 1 amide bonds. The van der Waals surface area contributed by atoms with Gasteiger partial charge in [0.1, 0.15) is 0 Å². The molecule has 0 spiro atoms. The van der Waals surface area contributed by atoms with Crippen molar-refractivity contribution in [1.82, 2.24) is 10.2 Å². The fourth-order valence-corrected chi connectivity index (χ4v) is 3.58. The monoisotopic (exact) mass is 387 g/mol. The molecule has 1 aliphatic rings. The number of hydrogen-bond acceptors (Lipinski definition) is 4. The maximum Gasteiger partial charge on any atom is 0.270 e. The third-order valence-electron chi connectivity index (χ3n) is 4.92. The molecule has 1 N–H and O–H groups in total. The van der Waals surface area contributed by atoms with Crippen molar-refractivity contribution in [2.75, 3.05) is 19.6 Å². The van der Waals surface area contributed by atoms with Gasteiger partial charge in [-0.1, -0.05) is 41.9 Å². The van der Waals surface area contributed by atoms with Crippen molar-refractivity contribution in [2.24, 2.45) is 5.92 Å². The Bertz CT molecular complexity index is 805. The van der Waals surface area contributed by atoms with E-state index < -0.39 is 4.92 Å². The summed E-state index contributed by atoms with van der Waals surface area (Å²) in [6.07, 6.45) is 2.06. The topological polar surface area (TPSA) is 75.5 Å². The van der Waals surface area contributed by atoms with Crippen LogP contribution in [0.1, 0.15) is 28.8 Å². The maximum atomic E-state index is 12.3. The molecule has 0 aromatic heterocycles. The zero-order chi connectivity index (χ0) is 19.2. The van der Waals surface area contributed by atoms with Crippen molar-refractivity contribution in [2.45, 2.75) is 19.4 Å². The smallest absolute Gasteiger partial charge is 0.270 e. The number of nitro groups is 1. The summed E-state index contributed by atoms with van der Waals surface area (Å²) in [5.74, 6) is 0.138. The Morgan fingerprint density at radius 3 is 2.52 bits per heavy atom. The summed E-state index contributed by atoms with van der Waals surface area (Å²) in [6, 6.07) is 14.3. The van der Waals surface area contributed by atoms with E-state index in [-0.39, 0.29) is 22.2 Å². The molecule has 7 heteroatoms. The number of nitrogens with zero attached hydrogens (tertiary/aromatic N) is 2. The van der Waals surface area contributed by atoms with Gasteiger partial charge < -0.3 is 5.32 Å². The molecule has 0 bridgehead atoms. The highest BCUT2D eigenvalue weighted by molar-refractivity contribution is 6.34. The quantitative estimate of drug-likeness (QED) is 0.602. The van der Waals surface area contributed by atoms with Crippen LogP contribution in [-0.2, 0) is 6.54 Å². The number of rotatable bonds is 6. The lowest BCUT2D eigenvalue weighted by Crippen LogP contribution is -2.38. The first-order valence-corrected chi connectivity index (χ1v) is 9.39. The molecule has 2 aromatic rings. The Kier molecular flexibility index (Phi) is 6.42. The van der Waals surface area contributed by atoms with Crippen LogP contribution in [0.4, 0.5) is 5.69 Å². The molecule has 0 aliphatic carbocycles. The lowest BCUT2D eigenvalue weighted by atomic mass is 9.96. The van der Waals surface area contributed by atoms with Gasteiger partial charge in [-0.15, -0.1) is 0 Å². The second-order valence-corrected chi connectivity index (χ2v) is 7.24. The van der Waals surface area contributed by atoms with Crippen LogP contribution < -0.4 is 5.32 Å². The minimum Gasteiger partial charge on any atom is -0.352 e. The van der Waals surface area contributed by atoms with Gasteiger partial charge in [0.15, 0.2) is 0 Å². The third-order valence-corrected chi connectivity index (χ3v) is 5.23. The summed E-state index contributed by atoms with van der Waals surface area (Å²) in [7, 11) is 0. The Labute approximate surface area is 163 Å². The standard InChI is InChI=1S/C20H22ClN3O3/c21-19-12-17(24(26)27)6-7-18(19)20(25)22-13-15-8-10-23(11-9-15)14-16-4-2-1-3-5-16/h1-7,12,15H,8-11,13-14H2,(H,22,25). The summed E-state index contributed by atoms with van der Waals surface area (Å²) in [6.45, 7) is 3.56. The first kappa shape index (κ1) is 19.3. The van der Waals surface area contributed by atoms with E-state index in [4.69, 9.17) is 11.6 Å². The van der Waals surface area contributed by atoms with Gasteiger partial charge in [-0.25, -0.2) is 0 Å². The first-order valence-electron chi connectivity index (χ1n) is 9.01. The van der Waals surface area contributed by atoms with Crippen LogP contribution in [0.3, 0.4) is 0 Å². The largest absolute Gasteiger partial charge is 0.352 e. The minimum absolute atomic E-state index is 0.0966. The van der Waals surface area contributed by atoms with Crippen molar-refractivity contribution in [1.29, 1.82) is 0 Å². The van der Waals surface area contributed by atoms with Crippen LogP contribution in [-0.4, -0.2) is 35.4 Å². The first-order chi connectivity index (χ1) is 13.0. The molecular weight excluding hydrogens is 366 g/mol. The summed E-state index contributed by atoms with van der Waals surface area (Å²) < 4.78 is 0. The number of nitro benzene ring substituents is 1. The Hall–Kier alpha value is -2.44. The van der Waals surface area contributed by atoms with Crippen molar-refractivity contribution in [3.8, 4) is 0 Å². The number of benzene rings is 2. The zero-order valence-corrected chi connectivity index (χ0v) is 15.7. The van der Waals surface area contributed by atoms with Crippen molar-refractivity contribution in [3.63, 3.8) is 0 Å². The van der Waals surface area contributed by atoms with E-state index in [9.17, 15) is 14.9 Å². The van der Waals surface area contributed by atoms with E-state index in [2.05, 4.69) is 34.5 Å². The lowest BCUT2D eigenvalue weighted by molar-refractivity contribution is -0.384. The number of non-ortho nitro benzene ring substituents is 1. The average Bonchev–Trinajstić information content (AvgIpc) is 2.68. The molecule has 0 saturated carbocycles. The van der Waals surface area contributed by atoms with Gasteiger partial charge in [-0.05, 0) is 43.5 Å². The predicted molar refractivity (Wildman–Crippen MR) is 105 cm³/mol. The van der Waals surface area contributed by atoms with Gasteiger partial charge in [-0.3, -0.25) is 19.8 Å². The molecule has 6 nitrogen and oxygen atoms in total. The fraction of sp³-hybridized carbons (Fsp3) is 0.350. The van der Waals surface area contributed by atoms with Crippen LogP contribution in [0.5, 0.6) is 0 Å². The molecule has 1 heterocycles. The molecular formula is C20H22ClN3O3. The Morgan fingerprint density at radius 1 is 1.19 bits per heavy atom. The second kappa shape index (κ2) is 8.97. The van der Waals surface area contributed by atoms with Gasteiger partial charge in [0.2, 0.25) is 0 Å². The van der Waals surface area contributed by atoms with Gasteiger partial charge in [0, 0.05) is 25.2 Å². The lowest BCUT2D eigenvalue weighted by Gasteiger charge is -2.32. The number of likely N-dealkylation sites (tertiary alicyclic amines) is 1. The Balaban J connectivity index is 1.46. The van der Waals surface area contributed by atoms with Gasteiger partial charge in [0.05, 0.1) is 15.5 Å². The highest BCUT2D eigenvalue weighted by Crippen LogP contribution is 2.23. The number of carbonyl (C=O) groups excluding carboxylic acids is 1. The molecule has 0 atom stereocenters. The van der Waals surface area contributed by atoms with Crippen LogP contribution in [0.15, 0.2) is 48.5 Å². The van der Waals surface area contributed by atoms with Gasteiger partial charge >= 0.3 is 0 Å². The van der Waals surface area contributed by atoms with E-state index in [1.54, 1.807) is 0 Å². The summed E-state index contributed by atoms with van der Waals surface area (Å²) in [5.41, 5.74) is 1.46. The summed E-state index contributed by atoms with van der Waals surface area (Å²) >= 11 is 6.01. The average molecular weight is 388 g/mol. The van der Waals surface area contributed by atoms with E-state index in [1.807, 2.05) is 6.07 Å². The third kappa shape index (κ3) is 5.28. The summed E-state index contributed by atoms with van der Waals surface area (Å²) in [5, 5.41) is 13.8. The highest BCUT2D eigenvalue weighted by atomic mass is 35.5. The molecule has 1 fully saturated rings. The highest BCUT2D eigenvalue weighted by Gasteiger charge is 2.21. The minimum atomic E-state index is -0.531. The Morgan fingerprint density at radius 2 is 1.89 bits per heavy atom. The van der Waals surface area contributed by atoms with Crippen LogP contribution in [0.25, 0.3) is 0 Å². The normalized spacial score (nSPS) is 15.4. The zero-order valence-electron chi connectivity index (χ0n) is 14.9. The number of carbonyl (C=O) groups is 1.